The smallest absolute Gasteiger partial charge is 0.354 e. The second-order valence-electron chi connectivity index (χ2n) is 8.63. The van der Waals surface area contributed by atoms with Gasteiger partial charge in [-0.2, -0.15) is 10.1 Å². The maximum Gasteiger partial charge on any atom is 0.354 e. The topological polar surface area (TPSA) is 130 Å². The first kappa shape index (κ1) is 27.5. The molecule has 11 nitrogen and oxygen atoms in total. The molecule has 0 saturated heterocycles. The molecule has 0 saturated carbocycles. The third kappa shape index (κ3) is 6.65. The van der Waals surface area contributed by atoms with Crippen molar-refractivity contribution in [1.82, 2.24) is 24.3 Å². The van der Waals surface area contributed by atoms with Gasteiger partial charge in [0.05, 0.1) is 25.3 Å². The number of carbonyl (C=O) groups is 1. The fourth-order valence-electron chi connectivity index (χ4n) is 3.59. The lowest BCUT2D eigenvalue weighted by Gasteiger charge is -2.17. The molecule has 2 aromatic heterocycles. The molecule has 13 heteroatoms. The zero-order valence-electron chi connectivity index (χ0n) is 21.2. The number of aryl methyl sites for hydroxylation is 1. The molecular weight excluding hydrogens is 531 g/mol. The Morgan fingerprint density at radius 1 is 1.08 bits per heavy atom. The molecule has 0 fully saturated rings. The molecule has 4 rings (SSSR count). The first-order chi connectivity index (χ1) is 18.6. The molecule has 0 aliphatic carbocycles. The van der Waals surface area contributed by atoms with Crippen molar-refractivity contribution in [2.45, 2.75) is 26.9 Å². The molecule has 0 bridgehead atoms. The summed E-state index contributed by atoms with van der Waals surface area (Å²) in [7, 11) is 1.22. The summed E-state index contributed by atoms with van der Waals surface area (Å²) in [6, 6.07) is 14.0. The van der Waals surface area contributed by atoms with E-state index in [1.54, 1.807) is 43.3 Å². The van der Waals surface area contributed by atoms with Crippen molar-refractivity contribution in [3.05, 3.63) is 97.7 Å². The second kappa shape index (κ2) is 11.9. The summed E-state index contributed by atoms with van der Waals surface area (Å²) in [5.74, 6) is -2.19. The van der Waals surface area contributed by atoms with Gasteiger partial charge in [0.25, 0.3) is 0 Å². The summed E-state index contributed by atoms with van der Waals surface area (Å²) in [6.45, 7) is 3.06. The zero-order chi connectivity index (χ0) is 28.1. The number of hydrogen-bond acceptors (Lipinski definition) is 9. The van der Waals surface area contributed by atoms with Crippen LogP contribution in [0.4, 0.5) is 16.0 Å². The lowest BCUT2D eigenvalue weighted by atomic mass is 10.2. The van der Waals surface area contributed by atoms with E-state index in [1.807, 2.05) is 0 Å². The Morgan fingerprint density at radius 2 is 1.82 bits per heavy atom. The normalized spacial score (nSPS) is 11.6. The number of carbonyl (C=O) groups excluding carboxylic acids is 1. The maximum atomic E-state index is 14.9. The SMILES string of the molecule is COC(=O)[C@@H](C)Cn1c(=O)nc(Nc2ccc(Oc3ccc(C)nn3)c(F)c2)n(Cc2ccc(Cl)cc2)c1=O. The second-order valence-corrected chi connectivity index (χ2v) is 9.07. The van der Waals surface area contributed by atoms with E-state index in [9.17, 15) is 18.8 Å². The minimum Gasteiger partial charge on any atom is -0.469 e. The van der Waals surface area contributed by atoms with Crippen LogP contribution in [0.1, 0.15) is 18.2 Å². The van der Waals surface area contributed by atoms with Crippen LogP contribution < -0.4 is 21.4 Å². The average molecular weight is 555 g/mol. The van der Waals surface area contributed by atoms with Crippen LogP contribution in [-0.4, -0.2) is 37.4 Å². The number of nitrogens with one attached hydrogen (secondary N) is 1. The molecule has 4 aromatic rings. The van der Waals surface area contributed by atoms with Crippen LogP contribution in [0.3, 0.4) is 0 Å². The molecule has 0 spiro atoms. The summed E-state index contributed by atoms with van der Waals surface area (Å²) >= 11 is 5.98. The van der Waals surface area contributed by atoms with E-state index < -0.39 is 29.1 Å². The number of rotatable bonds is 9. The van der Waals surface area contributed by atoms with Gasteiger partial charge >= 0.3 is 17.3 Å². The third-order valence-electron chi connectivity index (χ3n) is 5.64. The van der Waals surface area contributed by atoms with Gasteiger partial charge in [0, 0.05) is 29.4 Å². The quantitative estimate of drug-likeness (QED) is 0.308. The Hall–Kier alpha value is -4.58. The highest BCUT2D eigenvalue weighted by atomic mass is 35.5. The fraction of sp³-hybridized carbons (Fsp3) is 0.231. The summed E-state index contributed by atoms with van der Waals surface area (Å²) in [5, 5.41) is 11.1. The monoisotopic (exact) mass is 554 g/mol. The van der Waals surface area contributed by atoms with Gasteiger partial charge in [0.1, 0.15) is 0 Å². The largest absolute Gasteiger partial charge is 0.469 e. The molecular formula is C26H24ClFN6O5. The van der Waals surface area contributed by atoms with Gasteiger partial charge in [0.15, 0.2) is 11.6 Å². The highest BCUT2D eigenvalue weighted by Crippen LogP contribution is 2.26. The van der Waals surface area contributed by atoms with Crippen LogP contribution in [0.5, 0.6) is 11.6 Å². The van der Waals surface area contributed by atoms with Crippen molar-refractivity contribution in [2.75, 3.05) is 12.4 Å². The standard InChI is InChI=1S/C26H24ClFN6O5/c1-15(23(35)38-3)13-34-25(36)30-24(33(26(34)37)14-17-5-7-18(27)8-6-17)29-19-9-10-21(20(28)12-19)39-22-11-4-16(2)31-32-22/h4-12,15H,13-14H2,1-3H3,(H,29,30,36)/t15-/m0/s1. The maximum absolute atomic E-state index is 14.9. The van der Waals surface area contributed by atoms with Gasteiger partial charge < -0.3 is 14.8 Å². The first-order valence-electron chi connectivity index (χ1n) is 11.7. The van der Waals surface area contributed by atoms with E-state index in [4.69, 9.17) is 21.1 Å². The molecule has 0 aliphatic rings. The summed E-state index contributed by atoms with van der Waals surface area (Å²) in [5.41, 5.74) is -0.0369. The molecule has 39 heavy (non-hydrogen) atoms. The van der Waals surface area contributed by atoms with Crippen molar-refractivity contribution in [3.63, 3.8) is 0 Å². The van der Waals surface area contributed by atoms with Crippen LogP contribution >= 0.6 is 11.6 Å². The molecule has 2 aromatic carbocycles. The number of benzene rings is 2. The fourth-order valence-corrected chi connectivity index (χ4v) is 3.72. The highest BCUT2D eigenvalue weighted by molar-refractivity contribution is 6.30. The number of ether oxygens (including phenoxy) is 2. The Labute approximate surface area is 226 Å². The van der Waals surface area contributed by atoms with Gasteiger partial charge in [-0.05, 0) is 42.8 Å². The van der Waals surface area contributed by atoms with E-state index in [0.717, 1.165) is 10.6 Å². The van der Waals surface area contributed by atoms with Crippen molar-refractivity contribution in [1.29, 1.82) is 0 Å². The average Bonchev–Trinajstić information content (AvgIpc) is 2.92. The molecule has 1 N–H and O–H groups in total. The molecule has 0 radical (unpaired) electrons. The van der Waals surface area contributed by atoms with Crippen LogP contribution in [0.25, 0.3) is 0 Å². The Bertz CT molecular complexity index is 1610. The number of methoxy groups -OCH3 is 1. The van der Waals surface area contributed by atoms with Gasteiger partial charge in [-0.25, -0.2) is 18.5 Å². The summed E-state index contributed by atoms with van der Waals surface area (Å²) in [4.78, 5) is 42.2. The number of anilines is 2. The van der Waals surface area contributed by atoms with E-state index in [0.29, 0.717) is 16.3 Å². The molecule has 0 amide bonds. The Balaban J connectivity index is 1.68. The van der Waals surface area contributed by atoms with E-state index >= 15 is 0 Å². The first-order valence-corrected chi connectivity index (χ1v) is 12.1. The number of hydrogen-bond donors (Lipinski definition) is 1. The van der Waals surface area contributed by atoms with E-state index in [1.165, 1.54) is 30.7 Å². The highest BCUT2D eigenvalue weighted by Gasteiger charge is 2.20. The van der Waals surface area contributed by atoms with Crippen molar-refractivity contribution in [2.24, 2.45) is 5.92 Å². The van der Waals surface area contributed by atoms with Crippen molar-refractivity contribution in [3.8, 4) is 11.6 Å². The van der Waals surface area contributed by atoms with Gasteiger partial charge in [0.2, 0.25) is 11.8 Å². The number of nitrogens with zero attached hydrogens (tertiary/aromatic N) is 5. The Kier molecular flexibility index (Phi) is 8.35. The van der Waals surface area contributed by atoms with Crippen LogP contribution in [-0.2, 0) is 22.6 Å². The number of esters is 1. The predicted molar refractivity (Wildman–Crippen MR) is 141 cm³/mol. The van der Waals surface area contributed by atoms with E-state index in [2.05, 4.69) is 20.5 Å². The molecule has 202 valence electrons. The van der Waals surface area contributed by atoms with Gasteiger partial charge in [-0.1, -0.05) is 30.7 Å². The molecule has 2 heterocycles. The number of halogens is 2. The summed E-state index contributed by atoms with van der Waals surface area (Å²) in [6.07, 6.45) is 0. The van der Waals surface area contributed by atoms with Gasteiger partial charge in [-0.3, -0.25) is 9.36 Å². The predicted octanol–water partition coefficient (Wildman–Crippen LogP) is 3.69. The lowest BCUT2D eigenvalue weighted by molar-refractivity contribution is -0.145. The Morgan fingerprint density at radius 3 is 2.46 bits per heavy atom. The minimum absolute atomic E-state index is 0.00793. The lowest BCUT2D eigenvalue weighted by Crippen LogP contribution is -2.44. The molecule has 1 atom stereocenters. The number of aromatic nitrogens is 5. The molecule has 0 unspecified atom stereocenters. The zero-order valence-corrected chi connectivity index (χ0v) is 22.0. The van der Waals surface area contributed by atoms with Crippen LogP contribution in [0, 0.1) is 18.7 Å². The van der Waals surface area contributed by atoms with Crippen LogP contribution in [0.15, 0.2) is 64.2 Å². The third-order valence-corrected chi connectivity index (χ3v) is 5.89. The van der Waals surface area contributed by atoms with Crippen molar-refractivity contribution < 1.29 is 18.7 Å². The van der Waals surface area contributed by atoms with Crippen molar-refractivity contribution >= 4 is 29.2 Å². The molecule has 0 aliphatic heterocycles. The summed E-state index contributed by atoms with van der Waals surface area (Å²) < 4.78 is 27.1. The van der Waals surface area contributed by atoms with E-state index in [-0.39, 0.29) is 36.4 Å². The minimum atomic E-state index is -0.885. The van der Waals surface area contributed by atoms with Crippen LogP contribution in [0.2, 0.25) is 5.02 Å². The van der Waals surface area contributed by atoms with Gasteiger partial charge in [-0.15, -0.1) is 5.10 Å².